The molecular weight excluding hydrogens is 422 g/mol. The second kappa shape index (κ2) is 7.09. The molecule has 2 aromatic carbocycles. The topological polar surface area (TPSA) is 69.4 Å². The fourth-order valence-corrected chi connectivity index (χ4v) is 4.82. The zero-order valence-electron chi connectivity index (χ0n) is 16.1. The van der Waals surface area contributed by atoms with Crippen LogP contribution in [0.1, 0.15) is 42.4 Å². The van der Waals surface area contributed by atoms with Crippen LogP contribution in [0.2, 0.25) is 0 Å². The van der Waals surface area contributed by atoms with Crippen molar-refractivity contribution in [3.8, 4) is 5.75 Å². The molecule has 0 saturated heterocycles. The highest BCUT2D eigenvalue weighted by Crippen LogP contribution is 2.64. The van der Waals surface area contributed by atoms with E-state index >= 15 is 0 Å². The summed E-state index contributed by atoms with van der Waals surface area (Å²) in [4.78, 5) is 0. The fraction of sp³-hybridized carbons (Fsp3) is 0.333. The molecule has 4 nitrogen and oxygen atoms in total. The average molecular weight is 441 g/mol. The Kier molecular flexibility index (Phi) is 4.93. The molecule has 0 aliphatic heterocycles. The van der Waals surface area contributed by atoms with Gasteiger partial charge in [-0.1, -0.05) is 24.3 Å². The van der Waals surface area contributed by atoms with Crippen LogP contribution < -0.4 is 9.88 Å². The van der Waals surface area contributed by atoms with E-state index in [1.54, 1.807) is 24.3 Å². The number of hydrogen-bond acceptors (Lipinski definition) is 3. The minimum Gasteiger partial charge on any atom is -0.491 e. The largest absolute Gasteiger partial charge is 0.491 e. The smallest absolute Gasteiger partial charge is 0.213 e. The predicted molar refractivity (Wildman–Crippen MR) is 104 cm³/mol. The normalized spacial score (nSPS) is 17.7. The highest BCUT2D eigenvalue weighted by atomic mass is 32.2. The summed E-state index contributed by atoms with van der Waals surface area (Å²) in [6.07, 6.45) is 2.53. The van der Waals surface area contributed by atoms with Gasteiger partial charge in [-0.3, -0.25) is 0 Å². The molecule has 160 valence electrons. The molecule has 2 aliphatic carbocycles. The van der Waals surface area contributed by atoms with E-state index in [4.69, 9.17) is 5.14 Å². The number of allylic oxidation sites excluding steroid dienone is 2. The molecule has 0 bridgehead atoms. The van der Waals surface area contributed by atoms with Crippen LogP contribution in [0.4, 0.5) is 17.6 Å². The lowest BCUT2D eigenvalue weighted by Crippen LogP contribution is -2.14. The van der Waals surface area contributed by atoms with Crippen molar-refractivity contribution in [1.82, 2.24) is 0 Å². The number of methoxy groups -OCH3 is 1. The van der Waals surface area contributed by atoms with E-state index in [2.05, 4.69) is 4.74 Å². The molecular formula is C21H19F4NO3S. The van der Waals surface area contributed by atoms with E-state index in [9.17, 15) is 26.0 Å². The Balaban J connectivity index is 1.84. The van der Waals surface area contributed by atoms with Crippen molar-refractivity contribution < 1.29 is 30.7 Å². The number of benzene rings is 2. The Morgan fingerprint density at radius 2 is 1.47 bits per heavy atom. The van der Waals surface area contributed by atoms with Crippen LogP contribution in [0.15, 0.2) is 24.3 Å². The number of rotatable bonds is 5. The molecule has 0 aromatic heterocycles. The summed E-state index contributed by atoms with van der Waals surface area (Å²) < 4.78 is 85.2. The fourth-order valence-electron chi connectivity index (χ4n) is 4.16. The third-order valence-corrected chi connectivity index (χ3v) is 6.56. The molecule has 4 rings (SSSR count). The van der Waals surface area contributed by atoms with Crippen LogP contribution in [0.3, 0.4) is 0 Å². The van der Waals surface area contributed by atoms with Crippen molar-refractivity contribution in [1.29, 1.82) is 0 Å². The van der Waals surface area contributed by atoms with Gasteiger partial charge in [0.05, 0.1) is 18.4 Å². The minimum atomic E-state index is -3.71. The van der Waals surface area contributed by atoms with Crippen molar-refractivity contribution in [3.05, 3.63) is 64.2 Å². The maximum Gasteiger partial charge on any atom is 0.213 e. The molecule has 2 N–H and O–H groups in total. The molecule has 0 unspecified atom stereocenters. The Morgan fingerprint density at radius 3 is 1.93 bits per heavy atom. The number of sulfonamides is 1. The highest BCUT2D eigenvalue weighted by molar-refractivity contribution is 7.88. The number of hydrogen-bond donors (Lipinski definition) is 1. The second-order valence-electron chi connectivity index (χ2n) is 7.98. The summed E-state index contributed by atoms with van der Waals surface area (Å²) >= 11 is 0. The van der Waals surface area contributed by atoms with E-state index in [0.717, 1.165) is 20.0 Å². The van der Waals surface area contributed by atoms with E-state index in [-0.39, 0.29) is 16.7 Å². The molecule has 2 aromatic rings. The van der Waals surface area contributed by atoms with Gasteiger partial charge in [-0.2, -0.15) is 8.78 Å². The van der Waals surface area contributed by atoms with Crippen LogP contribution in [-0.2, 0) is 15.8 Å². The summed E-state index contributed by atoms with van der Waals surface area (Å²) in [5.41, 5.74) is 1.02. The summed E-state index contributed by atoms with van der Waals surface area (Å²) in [6, 6.07) is 6.38. The maximum absolute atomic E-state index is 14.8. The van der Waals surface area contributed by atoms with Gasteiger partial charge in [-0.15, -0.1) is 0 Å². The van der Waals surface area contributed by atoms with E-state index in [0.29, 0.717) is 29.5 Å². The lowest BCUT2D eigenvalue weighted by atomic mass is 9.95. The van der Waals surface area contributed by atoms with Gasteiger partial charge < -0.3 is 4.74 Å². The molecule has 0 radical (unpaired) electrons. The van der Waals surface area contributed by atoms with E-state index < -0.39 is 44.6 Å². The number of nitrogens with two attached hydrogens (primary N) is 1. The highest BCUT2D eigenvalue weighted by Gasteiger charge is 2.49. The standard InChI is InChI=1S/C21H19F4NO3S/c1-29-20-18(24)16(22)15(17(23)19(20)25)14-9-21(6-7-21)8-13(14)12-4-2-11(3-5-12)10-30(26,27)28/h2-5H,6-10H2,1H3,(H2,26,27,28). The van der Waals surface area contributed by atoms with E-state index in [1.807, 2.05) is 0 Å². The first-order valence-corrected chi connectivity index (χ1v) is 11.0. The van der Waals surface area contributed by atoms with Crippen LogP contribution >= 0.6 is 0 Å². The zero-order chi connectivity index (χ0) is 21.8. The molecule has 0 amide bonds. The van der Waals surface area contributed by atoms with Crippen LogP contribution in [0, 0.1) is 28.7 Å². The van der Waals surface area contributed by atoms with Crippen molar-refractivity contribution in [3.63, 3.8) is 0 Å². The molecule has 2 aliphatic rings. The maximum atomic E-state index is 14.8. The van der Waals surface area contributed by atoms with Gasteiger partial charge in [0.1, 0.15) is 0 Å². The Bertz CT molecular complexity index is 1140. The summed E-state index contributed by atoms with van der Waals surface area (Å²) in [5.74, 6) is -7.55. The second-order valence-corrected chi connectivity index (χ2v) is 9.59. The van der Waals surface area contributed by atoms with Crippen LogP contribution in [0.25, 0.3) is 11.1 Å². The average Bonchev–Trinajstić information content (AvgIpc) is 3.32. The number of halogens is 4. The molecule has 1 spiro atoms. The first-order valence-electron chi connectivity index (χ1n) is 9.27. The Labute approximate surface area is 171 Å². The van der Waals surface area contributed by atoms with Crippen LogP contribution in [0.5, 0.6) is 5.75 Å². The molecule has 1 saturated carbocycles. The SMILES string of the molecule is COc1c(F)c(F)c(C2=C(c3ccc(CS(N)(=O)=O)cc3)CC3(CC3)C2)c(F)c1F. The lowest BCUT2D eigenvalue weighted by molar-refractivity contribution is 0.331. The number of primary sulfonamides is 1. The predicted octanol–water partition coefficient (Wildman–Crippen LogP) is 4.52. The van der Waals surface area contributed by atoms with Crippen molar-refractivity contribution in [2.75, 3.05) is 7.11 Å². The Hall–Kier alpha value is -2.39. The van der Waals surface area contributed by atoms with Gasteiger partial charge in [0, 0.05) is 0 Å². The van der Waals surface area contributed by atoms with E-state index in [1.165, 1.54) is 0 Å². The van der Waals surface area contributed by atoms with Crippen LogP contribution in [-0.4, -0.2) is 15.5 Å². The van der Waals surface area contributed by atoms with Crippen molar-refractivity contribution in [2.45, 2.75) is 31.4 Å². The molecule has 0 heterocycles. The monoisotopic (exact) mass is 441 g/mol. The van der Waals surface area contributed by atoms with Gasteiger partial charge in [-0.05, 0) is 53.4 Å². The first kappa shape index (κ1) is 20.9. The molecule has 0 atom stereocenters. The van der Waals surface area contributed by atoms with Crippen molar-refractivity contribution >= 4 is 21.2 Å². The van der Waals surface area contributed by atoms with Gasteiger partial charge in [-0.25, -0.2) is 22.3 Å². The third kappa shape index (κ3) is 3.60. The molecule has 9 heteroatoms. The van der Waals surface area contributed by atoms with Gasteiger partial charge in [0.15, 0.2) is 17.4 Å². The molecule has 30 heavy (non-hydrogen) atoms. The van der Waals surface area contributed by atoms with Gasteiger partial charge >= 0.3 is 0 Å². The molecule has 1 fully saturated rings. The zero-order valence-corrected chi connectivity index (χ0v) is 16.9. The summed E-state index contributed by atoms with van der Waals surface area (Å²) in [7, 11) is -2.77. The lowest BCUT2D eigenvalue weighted by Gasteiger charge is -2.14. The van der Waals surface area contributed by atoms with Crippen molar-refractivity contribution in [2.24, 2.45) is 10.6 Å². The van der Waals surface area contributed by atoms with Gasteiger partial charge in [0.25, 0.3) is 0 Å². The minimum absolute atomic E-state index is 0.157. The number of ether oxygens (including phenoxy) is 1. The first-order chi connectivity index (χ1) is 14.1. The summed E-state index contributed by atoms with van der Waals surface area (Å²) in [6.45, 7) is 0. The third-order valence-electron chi connectivity index (χ3n) is 5.82. The quantitative estimate of drug-likeness (QED) is 0.548. The van der Waals surface area contributed by atoms with Gasteiger partial charge in [0.2, 0.25) is 21.7 Å². The Morgan fingerprint density at radius 1 is 0.933 bits per heavy atom. The summed E-state index contributed by atoms with van der Waals surface area (Å²) in [5, 5.41) is 5.05.